The zero-order chi connectivity index (χ0) is 23.1. The summed E-state index contributed by atoms with van der Waals surface area (Å²) in [6, 6.07) is 3.44. The summed E-state index contributed by atoms with van der Waals surface area (Å²) in [5.41, 5.74) is 3.75. The summed E-state index contributed by atoms with van der Waals surface area (Å²) in [5, 5.41) is 11.8. The monoisotopic (exact) mass is 446 g/mol. The SMILES string of the molecule is CC(C)(C)COC(=O)NC(CCOC1CC(CCc2ccc3c(n2)CCCC3)C1)C(=O)O. The number of ether oxygens (including phenoxy) is 2. The van der Waals surface area contributed by atoms with Gasteiger partial charge in [0, 0.05) is 24.4 Å². The van der Waals surface area contributed by atoms with Gasteiger partial charge < -0.3 is 19.9 Å². The summed E-state index contributed by atoms with van der Waals surface area (Å²) >= 11 is 0. The van der Waals surface area contributed by atoms with Crippen LogP contribution >= 0.6 is 0 Å². The molecule has 0 saturated heterocycles. The fourth-order valence-electron chi connectivity index (χ4n) is 4.24. The van der Waals surface area contributed by atoms with Gasteiger partial charge in [-0.1, -0.05) is 26.8 Å². The molecule has 1 fully saturated rings. The van der Waals surface area contributed by atoms with E-state index in [2.05, 4.69) is 17.4 Å². The van der Waals surface area contributed by atoms with Gasteiger partial charge in [-0.2, -0.15) is 0 Å². The molecule has 3 rings (SSSR count). The smallest absolute Gasteiger partial charge is 0.407 e. The van der Waals surface area contributed by atoms with Crippen LogP contribution in [0.2, 0.25) is 0 Å². The number of nitrogens with one attached hydrogen (secondary N) is 1. The number of carboxylic acids is 1. The van der Waals surface area contributed by atoms with E-state index in [1.165, 1.54) is 36.2 Å². The molecule has 0 bridgehead atoms. The summed E-state index contributed by atoms with van der Waals surface area (Å²) in [5.74, 6) is -0.441. The Balaban J connectivity index is 1.30. The lowest BCUT2D eigenvalue weighted by atomic mass is 9.79. The largest absolute Gasteiger partial charge is 0.480 e. The average molecular weight is 447 g/mol. The van der Waals surface area contributed by atoms with Crippen molar-refractivity contribution in [2.24, 2.45) is 11.3 Å². The van der Waals surface area contributed by atoms with Crippen LogP contribution in [0.3, 0.4) is 0 Å². The Bertz CT molecular complexity index is 783. The number of hydrogen-bond acceptors (Lipinski definition) is 5. The van der Waals surface area contributed by atoms with Crippen molar-refractivity contribution in [3.63, 3.8) is 0 Å². The third kappa shape index (κ3) is 7.76. The minimum absolute atomic E-state index is 0.171. The van der Waals surface area contributed by atoms with E-state index in [4.69, 9.17) is 14.5 Å². The number of carbonyl (C=O) groups is 2. The summed E-state index contributed by atoms with van der Waals surface area (Å²) < 4.78 is 10.9. The van der Waals surface area contributed by atoms with Gasteiger partial charge in [-0.05, 0) is 74.3 Å². The Kier molecular flexibility index (Phi) is 8.51. The zero-order valence-corrected chi connectivity index (χ0v) is 19.7. The van der Waals surface area contributed by atoms with Crippen LogP contribution in [0.5, 0.6) is 0 Å². The van der Waals surface area contributed by atoms with Crippen LogP contribution in [-0.2, 0) is 33.5 Å². The van der Waals surface area contributed by atoms with E-state index in [1.54, 1.807) is 0 Å². The van der Waals surface area contributed by atoms with Crippen LogP contribution in [0.4, 0.5) is 4.79 Å². The van der Waals surface area contributed by atoms with Crippen LogP contribution in [0.25, 0.3) is 0 Å². The highest BCUT2D eigenvalue weighted by atomic mass is 16.5. The molecule has 1 saturated carbocycles. The number of aromatic nitrogens is 1. The number of amides is 1. The fourth-order valence-corrected chi connectivity index (χ4v) is 4.24. The maximum Gasteiger partial charge on any atom is 0.407 e. The molecule has 1 atom stereocenters. The molecule has 7 heteroatoms. The quantitative estimate of drug-likeness (QED) is 0.556. The van der Waals surface area contributed by atoms with E-state index in [0.29, 0.717) is 12.5 Å². The number of aryl methyl sites for hydroxylation is 3. The maximum atomic E-state index is 11.8. The third-order valence-corrected chi connectivity index (χ3v) is 6.22. The molecule has 1 unspecified atom stereocenters. The summed E-state index contributed by atoms with van der Waals surface area (Å²) in [7, 11) is 0. The van der Waals surface area contributed by atoms with Crippen LogP contribution < -0.4 is 5.32 Å². The predicted octanol–water partition coefficient (Wildman–Crippen LogP) is 4.30. The Morgan fingerprint density at radius 3 is 2.69 bits per heavy atom. The van der Waals surface area contributed by atoms with Crippen molar-refractivity contribution in [3.8, 4) is 0 Å². The number of fused-ring (bicyclic) bond motifs is 1. The number of alkyl carbamates (subject to hydrolysis) is 1. The summed E-state index contributed by atoms with van der Waals surface area (Å²) in [4.78, 5) is 28.1. The first kappa shape index (κ1) is 24.5. The molecular weight excluding hydrogens is 408 g/mol. The van der Waals surface area contributed by atoms with Crippen LogP contribution in [0.15, 0.2) is 12.1 Å². The minimum atomic E-state index is -1.08. The second-order valence-electron chi connectivity index (χ2n) is 10.4. The third-order valence-electron chi connectivity index (χ3n) is 6.22. The van der Waals surface area contributed by atoms with Crippen molar-refractivity contribution in [2.75, 3.05) is 13.2 Å². The second kappa shape index (κ2) is 11.1. The summed E-state index contributed by atoms with van der Waals surface area (Å²) in [6.45, 7) is 6.36. The van der Waals surface area contributed by atoms with Gasteiger partial charge in [-0.25, -0.2) is 9.59 Å². The second-order valence-corrected chi connectivity index (χ2v) is 10.4. The lowest BCUT2D eigenvalue weighted by molar-refractivity contribution is -0.140. The van der Waals surface area contributed by atoms with Gasteiger partial charge in [-0.15, -0.1) is 0 Å². The standard InChI is InChI=1S/C25H38N2O5/c1-25(2,3)16-32-24(30)27-22(23(28)29)12-13-31-20-14-17(15-20)8-10-19-11-9-18-6-4-5-7-21(18)26-19/h9,11,17,20,22H,4-8,10,12-16H2,1-3H3,(H,27,30)(H,28,29). The number of aliphatic carboxylic acids is 1. The Labute approximate surface area is 191 Å². The molecule has 178 valence electrons. The first-order valence-electron chi connectivity index (χ1n) is 11.9. The zero-order valence-electron chi connectivity index (χ0n) is 19.7. The van der Waals surface area contributed by atoms with Crippen molar-refractivity contribution in [1.82, 2.24) is 10.3 Å². The number of nitrogens with zero attached hydrogens (tertiary/aromatic N) is 1. The van der Waals surface area contributed by atoms with Crippen LogP contribution in [0.1, 0.15) is 76.2 Å². The molecular formula is C25H38N2O5. The van der Waals surface area contributed by atoms with E-state index < -0.39 is 18.1 Å². The summed E-state index contributed by atoms with van der Waals surface area (Å²) in [6.07, 6.45) is 8.64. The predicted molar refractivity (Wildman–Crippen MR) is 122 cm³/mol. The Morgan fingerprint density at radius 2 is 1.97 bits per heavy atom. The van der Waals surface area contributed by atoms with Gasteiger partial charge in [0.1, 0.15) is 6.04 Å². The molecule has 1 aromatic heterocycles. The van der Waals surface area contributed by atoms with E-state index in [9.17, 15) is 14.7 Å². The van der Waals surface area contributed by atoms with E-state index in [1.807, 2.05) is 20.8 Å². The van der Waals surface area contributed by atoms with Crippen LogP contribution in [-0.4, -0.2) is 47.5 Å². The lowest BCUT2D eigenvalue weighted by Gasteiger charge is -2.35. The first-order valence-corrected chi connectivity index (χ1v) is 11.9. The topological polar surface area (TPSA) is 97.8 Å². The van der Waals surface area contributed by atoms with Gasteiger partial charge in [0.15, 0.2) is 0 Å². The van der Waals surface area contributed by atoms with Crippen molar-refractivity contribution >= 4 is 12.1 Å². The highest BCUT2D eigenvalue weighted by Gasteiger charge is 2.30. The first-order chi connectivity index (χ1) is 15.2. The van der Waals surface area contributed by atoms with Gasteiger partial charge in [-0.3, -0.25) is 4.98 Å². The van der Waals surface area contributed by atoms with Crippen molar-refractivity contribution < 1.29 is 24.2 Å². The van der Waals surface area contributed by atoms with Gasteiger partial charge in [0.25, 0.3) is 0 Å². The average Bonchev–Trinajstić information content (AvgIpc) is 2.71. The molecule has 2 aliphatic carbocycles. The van der Waals surface area contributed by atoms with Crippen LogP contribution in [0, 0.1) is 11.3 Å². The molecule has 2 N–H and O–H groups in total. The molecule has 0 radical (unpaired) electrons. The highest BCUT2D eigenvalue weighted by Crippen LogP contribution is 2.34. The molecule has 2 aliphatic rings. The normalized spacial score (nSPS) is 21.2. The lowest BCUT2D eigenvalue weighted by Crippen LogP contribution is -2.43. The number of rotatable bonds is 10. The number of carboxylic acid groups (broad SMARTS) is 1. The fraction of sp³-hybridized carbons (Fsp3) is 0.720. The van der Waals surface area contributed by atoms with Gasteiger partial charge in [0.2, 0.25) is 0 Å². The van der Waals surface area contributed by atoms with Gasteiger partial charge >= 0.3 is 12.1 Å². The van der Waals surface area contributed by atoms with E-state index in [0.717, 1.165) is 32.1 Å². The Morgan fingerprint density at radius 1 is 1.22 bits per heavy atom. The van der Waals surface area contributed by atoms with E-state index >= 15 is 0 Å². The van der Waals surface area contributed by atoms with Gasteiger partial charge in [0.05, 0.1) is 12.7 Å². The molecule has 0 aliphatic heterocycles. The van der Waals surface area contributed by atoms with Crippen molar-refractivity contribution in [1.29, 1.82) is 0 Å². The highest BCUT2D eigenvalue weighted by molar-refractivity contribution is 5.79. The maximum absolute atomic E-state index is 11.8. The molecule has 1 aromatic rings. The molecule has 1 amide bonds. The molecule has 0 spiro atoms. The van der Waals surface area contributed by atoms with Crippen molar-refractivity contribution in [2.45, 2.75) is 90.7 Å². The molecule has 32 heavy (non-hydrogen) atoms. The Hall–Kier alpha value is -2.15. The minimum Gasteiger partial charge on any atom is -0.480 e. The van der Waals surface area contributed by atoms with E-state index in [-0.39, 0.29) is 24.5 Å². The number of hydrogen-bond donors (Lipinski definition) is 2. The van der Waals surface area contributed by atoms with Crippen molar-refractivity contribution in [3.05, 3.63) is 29.1 Å². The number of pyridine rings is 1. The number of carbonyl (C=O) groups excluding carboxylic acids is 1. The molecule has 0 aromatic carbocycles. The molecule has 1 heterocycles. The molecule has 7 nitrogen and oxygen atoms in total.